The fourth-order valence-corrected chi connectivity index (χ4v) is 2.37. The molecule has 0 spiro atoms. The molecular formula is C14H16N2O4S. The molecule has 0 saturated heterocycles. The van der Waals surface area contributed by atoms with Crippen molar-refractivity contribution in [1.29, 1.82) is 0 Å². The second-order valence-electron chi connectivity index (χ2n) is 4.58. The molecular weight excluding hydrogens is 292 g/mol. The molecule has 0 unspecified atom stereocenters. The predicted molar refractivity (Wildman–Crippen MR) is 78.1 cm³/mol. The predicted octanol–water partition coefficient (Wildman–Crippen LogP) is 1.03. The van der Waals surface area contributed by atoms with Crippen LogP contribution in [0.4, 0.5) is 0 Å². The zero-order chi connectivity index (χ0) is 15.5. The molecule has 0 atom stereocenters. The Morgan fingerprint density at radius 1 is 1.00 bits per heavy atom. The summed E-state index contributed by atoms with van der Waals surface area (Å²) in [5.41, 5.74) is 1.46. The number of aromatic hydroxyl groups is 2. The number of rotatable bonds is 5. The zero-order valence-corrected chi connectivity index (χ0v) is 12.0. The van der Waals surface area contributed by atoms with Crippen LogP contribution >= 0.6 is 0 Å². The van der Waals surface area contributed by atoms with Crippen molar-refractivity contribution in [3.8, 4) is 11.5 Å². The number of sulfonamides is 1. The van der Waals surface area contributed by atoms with E-state index in [1.165, 1.54) is 18.2 Å². The highest BCUT2D eigenvalue weighted by molar-refractivity contribution is 7.89. The number of phenolic OH excluding ortho intramolecular Hbond substituents is 2. The lowest BCUT2D eigenvalue weighted by molar-refractivity contribution is 0.397. The van der Waals surface area contributed by atoms with Crippen LogP contribution in [0.2, 0.25) is 0 Å². The lowest BCUT2D eigenvalue weighted by Crippen LogP contribution is -2.14. The van der Waals surface area contributed by atoms with Gasteiger partial charge in [0.1, 0.15) is 0 Å². The molecule has 0 aliphatic heterocycles. The van der Waals surface area contributed by atoms with Gasteiger partial charge in [-0.25, -0.2) is 13.6 Å². The van der Waals surface area contributed by atoms with E-state index in [-0.39, 0.29) is 16.4 Å². The van der Waals surface area contributed by atoms with Crippen molar-refractivity contribution in [3.63, 3.8) is 0 Å². The molecule has 0 aromatic heterocycles. The van der Waals surface area contributed by atoms with Crippen LogP contribution in [0, 0.1) is 0 Å². The van der Waals surface area contributed by atoms with E-state index in [1.54, 1.807) is 24.3 Å². The summed E-state index contributed by atoms with van der Waals surface area (Å²) in [6, 6.07) is 11.0. The topological polar surface area (TPSA) is 113 Å². The first-order chi connectivity index (χ1) is 9.88. The third-order valence-electron chi connectivity index (χ3n) is 2.99. The molecule has 0 aliphatic rings. The van der Waals surface area contributed by atoms with Crippen molar-refractivity contribution in [2.45, 2.75) is 18.0 Å². The van der Waals surface area contributed by atoms with Crippen LogP contribution in [0.25, 0.3) is 0 Å². The summed E-state index contributed by atoms with van der Waals surface area (Å²) in [5.74, 6) is -0.304. The molecule has 0 heterocycles. The van der Waals surface area contributed by atoms with E-state index in [4.69, 9.17) is 5.14 Å². The minimum absolute atomic E-state index is 0.0666. The van der Waals surface area contributed by atoms with Gasteiger partial charge < -0.3 is 15.5 Å². The molecule has 112 valence electrons. The van der Waals surface area contributed by atoms with Gasteiger partial charge in [-0.15, -0.1) is 0 Å². The number of hydrogen-bond acceptors (Lipinski definition) is 5. The zero-order valence-electron chi connectivity index (χ0n) is 11.2. The van der Waals surface area contributed by atoms with Crippen molar-refractivity contribution in [2.24, 2.45) is 5.14 Å². The van der Waals surface area contributed by atoms with E-state index in [2.05, 4.69) is 5.32 Å². The molecule has 21 heavy (non-hydrogen) atoms. The number of para-hydroxylation sites is 1. The number of benzene rings is 2. The smallest absolute Gasteiger partial charge is 0.238 e. The Labute approximate surface area is 122 Å². The first-order valence-corrected chi connectivity index (χ1v) is 7.75. The lowest BCUT2D eigenvalue weighted by Gasteiger charge is -2.08. The fraction of sp³-hybridized carbons (Fsp3) is 0.143. The third-order valence-corrected chi connectivity index (χ3v) is 3.92. The minimum atomic E-state index is -3.67. The first kappa shape index (κ1) is 15.3. The van der Waals surface area contributed by atoms with Gasteiger partial charge in [0.2, 0.25) is 10.0 Å². The third kappa shape index (κ3) is 3.94. The van der Waals surface area contributed by atoms with Gasteiger partial charge in [0.15, 0.2) is 11.5 Å². The average Bonchev–Trinajstić information content (AvgIpc) is 2.43. The van der Waals surface area contributed by atoms with Crippen LogP contribution in [-0.2, 0) is 23.1 Å². The summed E-state index contributed by atoms with van der Waals surface area (Å²) >= 11 is 0. The Morgan fingerprint density at radius 2 is 1.67 bits per heavy atom. The van der Waals surface area contributed by atoms with Gasteiger partial charge in [0.25, 0.3) is 0 Å². The standard InChI is InChI=1S/C14H16N2O4S/c15-21(19,20)12-6-4-10(5-7-12)8-16-9-11-2-1-3-13(17)14(11)18/h1-7,16-18H,8-9H2,(H2,15,19,20). The molecule has 2 aromatic carbocycles. The molecule has 0 aliphatic carbocycles. The van der Waals surface area contributed by atoms with Gasteiger partial charge in [-0.2, -0.15) is 0 Å². The van der Waals surface area contributed by atoms with Crippen LogP contribution < -0.4 is 10.5 Å². The van der Waals surface area contributed by atoms with Gasteiger partial charge in [0, 0.05) is 18.7 Å². The Bertz CT molecular complexity index is 727. The van der Waals surface area contributed by atoms with E-state index < -0.39 is 10.0 Å². The molecule has 0 amide bonds. The summed E-state index contributed by atoms with van der Waals surface area (Å²) in [4.78, 5) is 0.0666. The maximum Gasteiger partial charge on any atom is 0.238 e. The van der Waals surface area contributed by atoms with Crippen molar-refractivity contribution < 1.29 is 18.6 Å². The summed E-state index contributed by atoms with van der Waals surface area (Å²) in [6.07, 6.45) is 0. The van der Waals surface area contributed by atoms with Gasteiger partial charge in [-0.1, -0.05) is 24.3 Å². The van der Waals surface area contributed by atoms with Crippen LogP contribution in [-0.4, -0.2) is 18.6 Å². The summed E-state index contributed by atoms with van der Waals surface area (Å²) in [6.45, 7) is 0.858. The Kier molecular flexibility index (Phi) is 4.46. The molecule has 0 fully saturated rings. The van der Waals surface area contributed by atoms with Gasteiger partial charge in [0.05, 0.1) is 4.90 Å². The van der Waals surface area contributed by atoms with Gasteiger partial charge in [-0.3, -0.25) is 0 Å². The van der Waals surface area contributed by atoms with Gasteiger partial charge >= 0.3 is 0 Å². The van der Waals surface area contributed by atoms with Crippen LogP contribution in [0.3, 0.4) is 0 Å². The molecule has 7 heteroatoms. The molecule has 0 radical (unpaired) electrons. The number of nitrogens with one attached hydrogen (secondary N) is 1. The maximum absolute atomic E-state index is 11.1. The van der Waals surface area contributed by atoms with Crippen LogP contribution in [0.5, 0.6) is 11.5 Å². The van der Waals surface area contributed by atoms with Gasteiger partial charge in [-0.05, 0) is 23.8 Å². The number of primary sulfonamides is 1. The monoisotopic (exact) mass is 308 g/mol. The summed E-state index contributed by atoms with van der Waals surface area (Å²) < 4.78 is 22.2. The average molecular weight is 308 g/mol. The highest BCUT2D eigenvalue weighted by Crippen LogP contribution is 2.27. The second kappa shape index (κ2) is 6.13. The second-order valence-corrected chi connectivity index (χ2v) is 6.14. The van der Waals surface area contributed by atoms with E-state index in [9.17, 15) is 18.6 Å². The van der Waals surface area contributed by atoms with E-state index in [0.717, 1.165) is 5.56 Å². The Balaban J connectivity index is 1.96. The molecule has 2 aromatic rings. The molecule has 2 rings (SSSR count). The summed E-state index contributed by atoms with van der Waals surface area (Å²) in [7, 11) is -3.67. The lowest BCUT2D eigenvalue weighted by atomic mass is 10.1. The van der Waals surface area contributed by atoms with Crippen molar-refractivity contribution in [3.05, 3.63) is 53.6 Å². The van der Waals surface area contributed by atoms with Crippen LogP contribution in [0.15, 0.2) is 47.4 Å². The largest absolute Gasteiger partial charge is 0.504 e. The maximum atomic E-state index is 11.1. The molecule has 5 N–H and O–H groups in total. The Morgan fingerprint density at radius 3 is 2.29 bits per heavy atom. The molecule has 0 bridgehead atoms. The van der Waals surface area contributed by atoms with E-state index >= 15 is 0 Å². The summed E-state index contributed by atoms with van der Waals surface area (Å²) in [5, 5.41) is 27.1. The van der Waals surface area contributed by atoms with Crippen molar-refractivity contribution in [1.82, 2.24) is 5.32 Å². The van der Waals surface area contributed by atoms with Crippen LogP contribution in [0.1, 0.15) is 11.1 Å². The highest BCUT2D eigenvalue weighted by atomic mass is 32.2. The quantitative estimate of drug-likeness (QED) is 0.616. The number of phenols is 2. The SMILES string of the molecule is NS(=O)(=O)c1ccc(CNCc2cccc(O)c2O)cc1. The normalized spacial score (nSPS) is 11.5. The first-order valence-electron chi connectivity index (χ1n) is 6.20. The highest BCUT2D eigenvalue weighted by Gasteiger charge is 2.07. The van der Waals surface area contributed by atoms with E-state index in [0.29, 0.717) is 18.7 Å². The van der Waals surface area contributed by atoms with E-state index in [1.807, 2.05) is 0 Å². The molecule has 0 saturated carbocycles. The van der Waals surface area contributed by atoms with Crippen molar-refractivity contribution >= 4 is 10.0 Å². The fourth-order valence-electron chi connectivity index (χ4n) is 1.86. The minimum Gasteiger partial charge on any atom is -0.504 e. The molecule has 6 nitrogen and oxygen atoms in total. The number of hydrogen-bond donors (Lipinski definition) is 4. The number of nitrogens with two attached hydrogens (primary N) is 1. The van der Waals surface area contributed by atoms with Crippen molar-refractivity contribution in [2.75, 3.05) is 0 Å². The Hall–Kier alpha value is -2.09.